The van der Waals surface area contributed by atoms with E-state index in [1.165, 1.54) is 12.7 Å². The summed E-state index contributed by atoms with van der Waals surface area (Å²) in [7, 11) is 6.29. The van der Waals surface area contributed by atoms with Gasteiger partial charge < -0.3 is 87.1 Å². The lowest BCUT2D eigenvalue weighted by molar-refractivity contribution is -0.355. The standard InChI is InChI=1S/C54H90O19/c1-25(2)20-38(55)65-26(3)33-17-19-54(60)34-15-14-31-21-32(16-18-52(31,8)42(34)44(57)50(59)53(33,54)9)70-39-22-35(61-10)46(28(5)66-39)71-40-23-36(62-11)47(29(6)67-40)72-41-24-37(63-12)48(30(7)68-41)73-51-45(58)49(64-13)43(56)27(4)69-51/h14,25-30,32-37,39-51,56-60H,15-24H2,1-13H3/t26-,27-,28-,29-,30-,32-,33-,34-,35+,36+,37-,39+,40+,41+,42-,43-,44+,45-,46-,47-,48-,49-,50-,51+,52+,53+,54+/m1/s1. The average molecular weight is 1040 g/mol. The lowest BCUT2D eigenvalue weighted by Gasteiger charge is -2.64. The largest absolute Gasteiger partial charge is 0.462 e. The normalized spacial score (nSPS) is 50.6. The van der Waals surface area contributed by atoms with E-state index in [4.69, 9.17) is 61.6 Å². The molecule has 0 aromatic rings. The number of esters is 1. The van der Waals surface area contributed by atoms with E-state index in [0.29, 0.717) is 64.2 Å². The lowest BCUT2D eigenvalue weighted by atomic mass is 9.44. The molecule has 0 aromatic carbocycles. The molecule has 4 aliphatic heterocycles. The van der Waals surface area contributed by atoms with Gasteiger partial charge in [-0.1, -0.05) is 39.3 Å². The Labute approximate surface area is 432 Å². The van der Waals surface area contributed by atoms with Gasteiger partial charge in [0.1, 0.15) is 42.7 Å². The van der Waals surface area contributed by atoms with Crippen molar-refractivity contribution < 1.29 is 91.9 Å². The molecule has 4 saturated heterocycles. The molecule has 4 heterocycles. The Kier molecular flexibility index (Phi) is 18.2. The van der Waals surface area contributed by atoms with Crippen molar-refractivity contribution in [3.8, 4) is 0 Å². The fraction of sp³-hybridized carbons (Fsp3) is 0.944. The SMILES string of the molecule is CO[C@H]1[C@@H](O)[C@H](O[C@@H]2[C@@H](C)O[C@@H](O[C@H]3[C@@H](OC)C[C@H](O[C@H]4[C@@H](OC)C[C@H](O[C@@H]5CC[C@@]6(C)C(=CC[C@@H]7[C@@H]6[C@H](O)[C@@H](O)[C@]6(C)[C@@H]([C@@H](C)OC(=O)CC(C)C)CC[C@]76O)C5)O[C@@H]4C)O[C@@H]3C)C[C@H]2OC)O[C@H](C)[C@H]1O. The second-order valence-corrected chi connectivity index (χ2v) is 23.6. The molecule has 0 radical (unpaired) electrons. The highest BCUT2D eigenvalue weighted by molar-refractivity contribution is 5.69. The van der Waals surface area contributed by atoms with Crippen LogP contribution in [0.3, 0.4) is 0 Å². The smallest absolute Gasteiger partial charge is 0.306 e. The topological polar surface area (TPSA) is 238 Å². The minimum Gasteiger partial charge on any atom is -0.462 e. The Morgan fingerprint density at radius 3 is 1.73 bits per heavy atom. The molecule has 5 N–H and O–H groups in total. The molecule has 0 amide bonds. The van der Waals surface area contributed by atoms with Crippen LogP contribution < -0.4 is 0 Å². The molecular weight excluding hydrogens is 953 g/mol. The Morgan fingerprint density at radius 2 is 1.21 bits per heavy atom. The van der Waals surface area contributed by atoms with Gasteiger partial charge in [0.15, 0.2) is 25.2 Å². The van der Waals surface area contributed by atoms with E-state index in [1.807, 2.05) is 48.5 Å². The predicted octanol–water partition coefficient (Wildman–Crippen LogP) is 4.07. The van der Waals surface area contributed by atoms with Crippen molar-refractivity contribution in [2.45, 2.75) is 261 Å². The molecule has 19 nitrogen and oxygen atoms in total. The Morgan fingerprint density at radius 1 is 0.671 bits per heavy atom. The number of hydrogen-bond donors (Lipinski definition) is 5. The van der Waals surface area contributed by atoms with E-state index < -0.39 is 133 Å². The molecule has 420 valence electrons. The third kappa shape index (κ3) is 10.9. The Balaban J connectivity index is 0.844. The quantitative estimate of drug-likeness (QED) is 0.108. The van der Waals surface area contributed by atoms with Crippen LogP contribution in [0.2, 0.25) is 0 Å². The monoisotopic (exact) mass is 1040 g/mol. The van der Waals surface area contributed by atoms with Crippen LogP contribution in [0.1, 0.15) is 127 Å². The minimum atomic E-state index is -1.25. The van der Waals surface area contributed by atoms with Crippen molar-refractivity contribution in [1.29, 1.82) is 0 Å². The first kappa shape index (κ1) is 57.7. The van der Waals surface area contributed by atoms with Crippen LogP contribution in [0.25, 0.3) is 0 Å². The number of hydrogen-bond acceptors (Lipinski definition) is 19. The van der Waals surface area contributed by atoms with Crippen LogP contribution in [-0.2, 0) is 66.4 Å². The van der Waals surface area contributed by atoms with Gasteiger partial charge in [-0.25, -0.2) is 0 Å². The van der Waals surface area contributed by atoms with Crippen molar-refractivity contribution in [2.24, 2.45) is 34.5 Å². The van der Waals surface area contributed by atoms with Gasteiger partial charge in [0.25, 0.3) is 0 Å². The fourth-order valence-corrected chi connectivity index (χ4v) is 14.9. The summed E-state index contributed by atoms with van der Waals surface area (Å²) in [6, 6.07) is 0. The molecule has 4 aliphatic carbocycles. The molecule has 8 rings (SSSR count). The van der Waals surface area contributed by atoms with Gasteiger partial charge in [0, 0.05) is 71.4 Å². The maximum absolute atomic E-state index is 12.8. The summed E-state index contributed by atoms with van der Waals surface area (Å²) in [5.41, 5.74) is -1.61. The minimum absolute atomic E-state index is 0.151. The zero-order valence-corrected chi connectivity index (χ0v) is 45.5. The van der Waals surface area contributed by atoms with Crippen molar-refractivity contribution in [2.75, 3.05) is 28.4 Å². The number of carbonyl (C=O) groups excluding carboxylic acids is 1. The van der Waals surface area contributed by atoms with Crippen LogP contribution in [0.15, 0.2) is 11.6 Å². The number of aliphatic hydroxyl groups is 5. The molecule has 19 heteroatoms. The zero-order chi connectivity index (χ0) is 53.1. The summed E-state index contributed by atoms with van der Waals surface area (Å²) in [5, 5.41) is 58.4. The Hall–Kier alpha value is -1.47. The summed E-state index contributed by atoms with van der Waals surface area (Å²) >= 11 is 0. The Bertz CT molecular complexity index is 1870. The van der Waals surface area contributed by atoms with Crippen LogP contribution in [0, 0.1) is 34.5 Å². The number of aliphatic hydroxyl groups excluding tert-OH is 4. The number of allylic oxidation sites excluding steroid dienone is 1. The van der Waals surface area contributed by atoms with Gasteiger partial charge in [0.05, 0.1) is 66.6 Å². The predicted molar refractivity (Wildman–Crippen MR) is 260 cm³/mol. The van der Waals surface area contributed by atoms with E-state index in [0.717, 1.165) is 0 Å². The molecular formula is C54H90O19. The maximum atomic E-state index is 12.8. The van der Waals surface area contributed by atoms with E-state index in [9.17, 15) is 30.3 Å². The van der Waals surface area contributed by atoms with Crippen LogP contribution in [0.5, 0.6) is 0 Å². The van der Waals surface area contributed by atoms with Gasteiger partial charge in [-0.05, 0) is 90.4 Å². The number of fused-ring (bicyclic) bond motifs is 5. The average Bonchev–Trinajstić information content (AvgIpc) is 3.63. The molecule has 73 heavy (non-hydrogen) atoms. The molecule has 0 bridgehead atoms. The van der Waals surface area contributed by atoms with Crippen LogP contribution >= 0.6 is 0 Å². The van der Waals surface area contributed by atoms with Crippen molar-refractivity contribution in [1.82, 2.24) is 0 Å². The highest BCUT2D eigenvalue weighted by atomic mass is 16.8. The third-order valence-corrected chi connectivity index (χ3v) is 18.9. The lowest BCUT2D eigenvalue weighted by Crippen LogP contribution is -2.71. The summed E-state index contributed by atoms with van der Waals surface area (Å²) in [6.07, 6.45) is -6.71. The highest BCUT2D eigenvalue weighted by Crippen LogP contribution is 2.68. The molecule has 0 spiro atoms. The maximum Gasteiger partial charge on any atom is 0.306 e. The highest BCUT2D eigenvalue weighted by Gasteiger charge is 2.73. The van der Waals surface area contributed by atoms with Gasteiger partial charge in [0.2, 0.25) is 0 Å². The van der Waals surface area contributed by atoms with Gasteiger partial charge in [-0.15, -0.1) is 0 Å². The van der Waals surface area contributed by atoms with Gasteiger partial charge in [-0.3, -0.25) is 4.79 Å². The van der Waals surface area contributed by atoms with Gasteiger partial charge in [-0.2, -0.15) is 0 Å². The molecule has 3 saturated carbocycles. The first-order chi connectivity index (χ1) is 34.5. The van der Waals surface area contributed by atoms with E-state index in [1.54, 1.807) is 28.3 Å². The summed E-state index contributed by atoms with van der Waals surface area (Å²) < 4.78 is 80.6. The summed E-state index contributed by atoms with van der Waals surface area (Å²) in [6.45, 7) is 17.3. The molecule has 27 atom stereocenters. The zero-order valence-electron chi connectivity index (χ0n) is 45.5. The van der Waals surface area contributed by atoms with Crippen molar-refractivity contribution in [3.05, 3.63) is 11.6 Å². The van der Waals surface area contributed by atoms with Crippen molar-refractivity contribution >= 4 is 5.97 Å². The number of methoxy groups -OCH3 is 4. The van der Waals surface area contributed by atoms with Crippen molar-refractivity contribution in [3.63, 3.8) is 0 Å². The summed E-state index contributed by atoms with van der Waals surface area (Å²) in [5.74, 6) is -1.08. The fourth-order valence-electron chi connectivity index (χ4n) is 14.9. The summed E-state index contributed by atoms with van der Waals surface area (Å²) in [4.78, 5) is 12.7. The van der Waals surface area contributed by atoms with E-state index >= 15 is 0 Å². The number of carbonyl (C=O) groups is 1. The molecule has 0 aromatic heterocycles. The van der Waals surface area contributed by atoms with E-state index in [2.05, 4.69) is 13.0 Å². The van der Waals surface area contributed by atoms with Crippen LogP contribution in [-0.4, -0.2) is 194 Å². The number of ether oxygens (including phenoxy) is 13. The van der Waals surface area contributed by atoms with Crippen LogP contribution in [0.4, 0.5) is 0 Å². The molecule has 0 unspecified atom stereocenters. The second kappa shape index (κ2) is 23.1. The third-order valence-electron chi connectivity index (χ3n) is 18.9. The molecule has 8 aliphatic rings. The second-order valence-electron chi connectivity index (χ2n) is 23.6. The first-order valence-corrected chi connectivity index (χ1v) is 27.2. The number of rotatable bonds is 16. The molecule has 7 fully saturated rings. The first-order valence-electron chi connectivity index (χ1n) is 27.2. The van der Waals surface area contributed by atoms with Gasteiger partial charge >= 0.3 is 5.97 Å². The van der Waals surface area contributed by atoms with E-state index in [-0.39, 0.29) is 41.8 Å².